The molecular weight excluding hydrogens is 308 g/mol. The normalized spacial score (nSPS) is 10.3. The lowest BCUT2D eigenvalue weighted by Gasteiger charge is -2.08. The smallest absolute Gasteiger partial charge is 0.234 e. The number of carbonyl (C=O) groups excluding carboxylic acids is 1. The van der Waals surface area contributed by atoms with E-state index in [1.54, 1.807) is 12.4 Å². The first-order chi connectivity index (χ1) is 11.3. The number of imidazole rings is 1. The van der Waals surface area contributed by atoms with E-state index in [4.69, 9.17) is 0 Å². The van der Waals surface area contributed by atoms with Crippen LogP contribution in [0.4, 0.5) is 17.1 Å². The highest BCUT2D eigenvalue weighted by atomic mass is 32.2. The van der Waals surface area contributed by atoms with Gasteiger partial charge in [-0.25, -0.2) is 4.98 Å². The van der Waals surface area contributed by atoms with E-state index in [-0.39, 0.29) is 5.91 Å². The van der Waals surface area contributed by atoms with Gasteiger partial charge in [-0.2, -0.15) is 0 Å². The van der Waals surface area contributed by atoms with Crippen LogP contribution in [0.5, 0.6) is 0 Å². The van der Waals surface area contributed by atoms with E-state index in [0.29, 0.717) is 5.75 Å². The van der Waals surface area contributed by atoms with Gasteiger partial charge in [0.2, 0.25) is 5.91 Å². The Hall–Kier alpha value is -2.73. The summed E-state index contributed by atoms with van der Waals surface area (Å²) in [5.74, 6) is 0.257. The number of thioether (sulfide) groups is 1. The highest BCUT2D eigenvalue weighted by molar-refractivity contribution is 7.99. The third-order valence-corrected chi connectivity index (χ3v) is 3.95. The Morgan fingerprint density at radius 1 is 1.00 bits per heavy atom. The Balaban J connectivity index is 1.51. The molecule has 23 heavy (non-hydrogen) atoms. The number of aromatic amines is 1. The second-order valence-corrected chi connectivity index (χ2v) is 5.76. The predicted octanol–water partition coefficient (Wildman–Crippen LogP) is 3.88. The van der Waals surface area contributed by atoms with E-state index in [0.717, 1.165) is 22.2 Å². The van der Waals surface area contributed by atoms with Gasteiger partial charge < -0.3 is 15.6 Å². The Morgan fingerprint density at radius 2 is 1.70 bits per heavy atom. The fraction of sp³-hybridized carbons (Fsp3) is 0.0588. The van der Waals surface area contributed by atoms with E-state index in [1.807, 2.05) is 54.6 Å². The number of nitrogens with zero attached hydrogens (tertiary/aromatic N) is 1. The van der Waals surface area contributed by atoms with Crippen molar-refractivity contribution in [2.75, 3.05) is 16.4 Å². The average Bonchev–Trinajstić information content (AvgIpc) is 3.09. The van der Waals surface area contributed by atoms with Crippen molar-refractivity contribution in [2.24, 2.45) is 0 Å². The fourth-order valence-electron chi connectivity index (χ4n) is 1.99. The van der Waals surface area contributed by atoms with Gasteiger partial charge in [-0.05, 0) is 36.4 Å². The van der Waals surface area contributed by atoms with Gasteiger partial charge in [0.15, 0.2) is 5.16 Å². The SMILES string of the molecule is O=C(CSc1ncc[nH]1)Nc1ccc(Nc2ccccc2)cc1. The van der Waals surface area contributed by atoms with Crippen LogP contribution in [0.1, 0.15) is 0 Å². The summed E-state index contributed by atoms with van der Waals surface area (Å²) in [4.78, 5) is 18.9. The first-order valence-corrected chi connectivity index (χ1v) is 8.12. The molecule has 1 amide bonds. The van der Waals surface area contributed by atoms with Gasteiger partial charge in [-0.3, -0.25) is 4.79 Å². The number of para-hydroxylation sites is 1. The number of hydrogen-bond donors (Lipinski definition) is 3. The summed E-state index contributed by atoms with van der Waals surface area (Å²) in [5.41, 5.74) is 2.77. The maximum atomic E-state index is 11.9. The third-order valence-electron chi connectivity index (χ3n) is 3.04. The molecule has 0 saturated carbocycles. The van der Waals surface area contributed by atoms with Crippen LogP contribution < -0.4 is 10.6 Å². The lowest BCUT2D eigenvalue weighted by atomic mass is 10.2. The van der Waals surface area contributed by atoms with Gasteiger partial charge in [-0.1, -0.05) is 30.0 Å². The number of amides is 1. The number of carbonyl (C=O) groups is 1. The van der Waals surface area contributed by atoms with Crippen molar-refractivity contribution in [3.05, 3.63) is 67.0 Å². The molecule has 0 aliphatic heterocycles. The third kappa shape index (κ3) is 4.62. The molecule has 0 unspecified atom stereocenters. The zero-order chi connectivity index (χ0) is 15.9. The second kappa shape index (κ2) is 7.51. The molecule has 0 aliphatic carbocycles. The summed E-state index contributed by atoms with van der Waals surface area (Å²) >= 11 is 1.37. The van der Waals surface area contributed by atoms with Crippen molar-refractivity contribution in [1.29, 1.82) is 0 Å². The van der Waals surface area contributed by atoms with E-state index >= 15 is 0 Å². The number of anilines is 3. The van der Waals surface area contributed by atoms with Gasteiger partial charge in [0.25, 0.3) is 0 Å². The molecule has 0 atom stereocenters. The molecule has 0 bridgehead atoms. The maximum absolute atomic E-state index is 11.9. The number of hydrogen-bond acceptors (Lipinski definition) is 4. The number of benzene rings is 2. The highest BCUT2D eigenvalue weighted by Crippen LogP contribution is 2.19. The summed E-state index contributed by atoms with van der Waals surface area (Å²) in [6.45, 7) is 0. The minimum atomic E-state index is -0.0600. The number of H-pyrrole nitrogens is 1. The van der Waals surface area contributed by atoms with Gasteiger partial charge in [0.05, 0.1) is 5.75 Å². The van der Waals surface area contributed by atoms with E-state index in [2.05, 4.69) is 20.6 Å². The minimum Gasteiger partial charge on any atom is -0.356 e. The van der Waals surface area contributed by atoms with Crippen LogP contribution in [0.3, 0.4) is 0 Å². The monoisotopic (exact) mass is 324 g/mol. The maximum Gasteiger partial charge on any atom is 0.234 e. The molecule has 6 heteroatoms. The second-order valence-electron chi connectivity index (χ2n) is 4.80. The van der Waals surface area contributed by atoms with Crippen molar-refractivity contribution >= 4 is 34.7 Å². The lowest BCUT2D eigenvalue weighted by Crippen LogP contribution is -2.14. The number of aromatic nitrogens is 2. The number of rotatable bonds is 6. The molecule has 5 nitrogen and oxygen atoms in total. The van der Waals surface area contributed by atoms with Crippen LogP contribution in [-0.4, -0.2) is 21.6 Å². The van der Waals surface area contributed by atoms with Crippen molar-refractivity contribution < 1.29 is 4.79 Å². The largest absolute Gasteiger partial charge is 0.356 e. The van der Waals surface area contributed by atoms with Crippen LogP contribution >= 0.6 is 11.8 Å². The molecule has 3 aromatic rings. The van der Waals surface area contributed by atoms with Crippen LogP contribution in [0, 0.1) is 0 Å². The highest BCUT2D eigenvalue weighted by Gasteiger charge is 2.05. The van der Waals surface area contributed by atoms with Crippen molar-refractivity contribution in [3.63, 3.8) is 0 Å². The molecule has 0 radical (unpaired) electrons. The molecule has 0 spiro atoms. The van der Waals surface area contributed by atoms with Crippen LogP contribution in [0.25, 0.3) is 0 Å². The zero-order valence-electron chi connectivity index (χ0n) is 12.3. The van der Waals surface area contributed by atoms with Gasteiger partial charge in [0, 0.05) is 29.5 Å². The predicted molar refractivity (Wildman–Crippen MR) is 94.1 cm³/mol. The quantitative estimate of drug-likeness (QED) is 0.602. The molecule has 1 aromatic heterocycles. The number of nitrogens with one attached hydrogen (secondary N) is 3. The van der Waals surface area contributed by atoms with E-state index in [9.17, 15) is 4.79 Å². The minimum absolute atomic E-state index is 0.0600. The van der Waals surface area contributed by atoms with Crippen molar-refractivity contribution in [3.8, 4) is 0 Å². The Kier molecular flexibility index (Phi) is 4.95. The molecule has 0 saturated heterocycles. The Labute approximate surface area is 138 Å². The van der Waals surface area contributed by atoms with Crippen LogP contribution in [-0.2, 0) is 4.79 Å². The molecular formula is C17H16N4OS. The Bertz CT molecular complexity index is 742. The van der Waals surface area contributed by atoms with Crippen LogP contribution in [0.2, 0.25) is 0 Å². The summed E-state index contributed by atoms with van der Waals surface area (Å²) in [6.07, 6.45) is 3.40. The summed E-state index contributed by atoms with van der Waals surface area (Å²) in [5, 5.41) is 6.90. The molecule has 116 valence electrons. The van der Waals surface area contributed by atoms with E-state index in [1.165, 1.54) is 11.8 Å². The standard InChI is InChI=1S/C17H16N4OS/c22-16(12-23-17-18-10-11-19-17)21-15-8-6-14(7-9-15)20-13-4-2-1-3-5-13/h1-11,20H,12H2,(H,18,19)(H,21,22). The topological polar surface area (TPSA) is 69.8 Å². The van der Waals surface area contributed by atoms with Gasteiger partial charge in [-0.15, -0.1) is 0 Å². The van der Waals surface area contributed by atoms with Gasteiger partial charge in [0.1, 0.15) is 0 Å². The lowest BCUT2D eigenvalue weighted by molar-refractivity contribution is -0.113. The molecule has 1 heterocycles. The van der Waals surface area contributed by atoms with E-state index < -0.39 is 0 Å². The molecule has 0 fully saturated rings. The summed E-state index contributed by atoms with van der Waals surface area (Å²) in [6, 6.07) is 17.6. The van der Waals surface area contributed by atoms with Crippen LogP contribution in [0.15, 0.2) is 72.1 Å². The van der Waals surface area contributed by atoms with Crippen molar-refractivity contribution in [1.82, 2.24) is 9.97 Å². The first-order valence-electron chi connectivity index (χ1n) is 7.14. The fourth-order valence-corrected chi connectivity index (χ4v) is 2.61. The molecule has 3 N–H and O–H groups in total. The summed E-state index contributed by atoms with van der Waals surface area (Å²) < 4.78 is 0. The molecule has 3 rings (SSSR count). The average molecular weight is 324 g/mol. The van der Waals surface area contributed by atoms with Crippen molar-refractivity contribution in [2.45, 2.75) is 5.16 Å². The molecule has 0 aliphatic rings. The Morgan fingerprint density at radius 3 is 2.39 bits per heavy atom. The first kappa shape index (κ1) is 15.2. The molecule has 2 aromatic carbocycles. The van der Waals surface area contributed by atoms with Gasteiger partial charge >= 0.3 is 0 Å². The zero-order valence-corrected chi connectivity index (χ0v) is 13.1. The summed E-state index contributed by atoms with van der Waals surface area (Å²) in [7, 11) is 0.